The molecule has 1 saturated heterocycles. The van der Waals surface area contributed by atoms with E-state index >= 15 is 0 Å². The summed E-state index contributed by atoms with van der Waals surface area (Å²) >= 11 is 0. The zero-order chi connectivity index (χ0) is 17.9. The van der Waals surface area contributed by atoms with Gasteiger partial charge in [0.25, 0.3) is 0 Å². The first-order chi connectivity index (χ1) is 11.6. The number of rotatable bonds is 4. The van der Waals surface area contributed by atoms with Crippen molar-refractivity contribution < 1.29 is 18.3 Å². The third-order valence-corrected chi connectivity index (χ3v) is 8.17. The van der Waals surface area contributed by atoms with Crippen molar-refractivity contribution in [2.75, 3.05) is 19.3 Å². The van der Waals surface area contributed by atoms with E-state index in [4.69, 9.17) is 0 Å². The van der Waals surface area contributed by atoms with Crippen LogP contribution >= 0.6 is 0 Å². The highest BCUT2D eigenvalue weighted by molar-refractivity contribution is 7.88. The lowest BCUT2D eigenvalue weighted by molar-refractivity contribution is -0.169. The summed E-state index contributed by atoms with van der Waals surface area (Å²) in [7, 11) is -3.20. The average molecular weight is 371 g/mol. The zero-order valence-electron chi connectivity index (χ0n) is 15.0. The smallest absolute Gasteiger partial charge is 0.220 e. The summed E-state index contributed by atoms with van der Waals surface area (Å²) in [5, 5.41) is 13.9. The third kappa shape index (κ3) is 3.60. The van der Waals surface area contributed by atoms with Gasteiger partial charge in [0.2, 0.25) is 15.9 Å². The van der Waals surface area contributed by atoms with Crippen LogP contribution in [0.3, 0.4) is 0 Å². The van der Waals surface area contributed by atoms with Gasteiger partial charge in [-0.15, -0.1) is 0 Å². The molecule has 7 heteroatoms. The van der Waals surface area contributed by atoms with Crippen LogP contribution in [-0.2, 0) is 14.8 Å². The van der Waals surface area contributed by atoms with Gasteiger partial charge in [-0.3, -0.25) is 4.79 Å². The second-order valence-corrected chi connectivity index (χ2v) is 11.4. The molecule has 5 rings (SSSR count). The Balaban J connectivity index is 1.38. The van der Waals surface area contributed by atoms with Gasteiger partial charge in [-0.2, -0.15) is 0 Å². The maximum absolute atomic E-state index is 12.7. The van der Waals surface area contributed by atoms with Crippen LogP contribution in [0.1, 0.15) is 57.8 Å². The number of carbonyl (C=O) groups is 1. The minimum atomic E-state index is -3.20. The first kappa shape index (κ1) is 17.7. The van der Waals surface area contributed by atoms with E-state index in [0.29, 0.717) is 31.3 Å². The topological polar surface area (TPSA) is 86.7 Å². The van der Waals surface area contributed by atoms with Gasteiger partial charge < -0.3 is 10.4 Å². The van der Waals surface area contributed by atoms with Crippen LogP contribution in [0.15, 0.2) is 0 Å². The van der Waals surface area contributed by atoms with Gasteiger partial charge in [-0.1, -0.05) is 0 Å². The minimum absolute atomic E-state index is 0.0332. The maximum Gasteiger partial charge on any atom is 0.220 e. The van der Waals surface area contributed by atoms with Gasteiger partial charge in [0, 0.05) is 25.6 Å². The van der Waals surface area contributed by atoms with Crippen molar-refractivity contribution in [2.24, 2.45) is 17.3 Å². The van der Waals surface area contributed by atoms with Crippen LogP contribution in [0.2, 0.25) is 0 Å². The van der Waals surface area contributed by atoms with Crippen LogP contribution in [0.4, 0.5) is 0 Å². The highest BCUT2D eigenvalue weighted by Gasteiger charge is 2.57. The molecule has 0 aromatic rings. The quantitative estimate of drug-likeness (QED) is 0.780. The number of nitrogens with one attached hydrogen (secondary N) is 1. The molecule has 0 aromatic carbocycles. The molecule has 25 heavy (non-hydrogen) atoms. The molecule has 6 nitrogen and oxygen atoms in total. The van der Waals surface area contributed by atoms with E-state index in [9.17, 15) is 18.3 Å². The Labute approximate surface area is 150 Å². The number of hydrogen-bond acceptors (Lipinski definition) is 4. The molecule has 3 atom stereocenters. The molecule has 1 heterocycles. The molecule has 0 spiro atoms. The van der Waals surface area contributed by atoms with Crippen LogP contribution in [-0.4, -0.2) is 54.7 Å². The zero-order valence-corrected chi connectivity index (χ0v) is 15.9. The van der Waals surface area contributed by atoms with E-state index in [1.165, 1.54) is 17.0 Å². The summed E-state index contributed by atoms with van der Waals surface area (Å²) < 4.78 is 24.9. The lowest BCUT2D eigenvalue weighted by Gasteiger charge is -2.60. The summed E-state index contributed by atoms with van der Waals surface area (Å²) in [5.41, 5.74) is -0.573. The van der Waals surface area contributed by atoms with Gasteiger partial charge in [0.05, 0.1) is 11.9 Å². The largest absolute Gasteiger partial charge is 0.390 e. The molecule has 0 aromatic heterocycles. The minimum Gasteiger partial charge on any atom is -0.390 e. The fourth-order valence-corrected chi connectivity index (χ4v) is 7.50. The van der Waals surface area contributed by atoms with E-state index in [1.807, 2.05) is 0 Å². The average Bonchev–Trinajstić information content (AvgIpc) is 2.42. The molecule has 4 aliphatic carbocycles. The lowest BCUT2D eigenvalue weighted by atomic mass is 9.47. The van der Waals surface area contributed by atoms with Crippen molar-refractivity contribution in [1.82, 2.24) is 9.62 Å². The summed E-state index contributed by atoms with van der Waals surface area (Å²) in [5.74, 6) is 1.19. The first-order valence-electron chi connectivity index (χ1n) is 9.62. The van der Waals surface area contributed by atoms with Crippen molar-refractivity contribution in [3.05, 3.63) is 0 Å². The van der Waals surface area contributed by atoms with Crippen molar-refractivity contribution in [1.29, 1.82) is 0 Å². The Kier molecular flexibility index (Phi) is 4.20. The molecule has 5 aliphatic rings. The van der Waals surface area contributed by atoms with Crippen LogP contribution < -0.4 is 5.32 Å². The summed E-state index contributed by atoms with van der Waals surface area (Å²) in [6.07, 6.45) is 9.28. The Morgan fingerprint density at radius 3 is 2.52 bits per heavy atom. The van der Waals surface area contributed by atoms with E-state index in [2.05, 4.69) is 5.32 Å². The van der Waals surface area contributed by atoms with Gasteiger partial charge in [-0.25, -0.2) is 12.7 Å². The van der Waals surface area contributed by atoms with Gasteiger partial charge in [-0.05, 0) is 68.6 Å². The van der Waals surface area contributed by atoms with Crippen LogP contribution in [0.25, 0.3) is 0 Å². The highest BCUT2D eigenvalue weighted by atomic mass is 32.2. The standard InChI is InChI=1S/C18H30N2O4S/c1-25(23,24)20-4-2-3-15(11-20)19-16(21)10-17-6-13-5-14(7-17)9-18(22,8-13)12-17/h13-15,22H,2-12H2,1H3,(H,19,21)/t13-,14-,15+,17?,18?/m1/s1. The molecule has 142 valence electrons. The molecule has 4 saturated carbocycles. The molecule has 1 amide bonds. The molecule has 1 aliphatic heterocycles. The Hall–Kier alpha value is -0.660. The van der Waals surface area contributed by atoms with E-state index in [-0.39, 0.29) is 17.4 Å². The van der Waals surface area contributed by atoms with E-state index < -0.39 is 15.6 Å². The third-order valence-electron chi connectivity index (χ3n) is 6.91. The van der Waals surface area contributed by atoms with Gasteiger partial charge in [0.15, 0.2) is 0 Å². The van der Waals surface area contributed by atoms with Crippen molar-refractivity contribution >= 4 is 15.9 Å². The highest BCUT2D eigenvalue weighted by Crippen LogP contribution is 2.62. The SMILES string of the molecule is CS(=O)(=O)N1CCC[C@H](NC(=O)CC23C[C@H]4C[C@@H](CC(O)(C4)C2)C3)C1. The Bertz CT molecular complexity index is 648. The van der Waals surface area contributed by atoms with E-state index in [0.717, 1.165) is 44.9 Å². The monoisotopic (exact) mass is 370 g/mol. The number of nitrogens with zero attached hydrogens (tertiary/aromatic N) is 1. The predicted molar refractivity (Wildman–Crippen MR) is 94.3 cm³/mol. The predicted octanol–water partition coefficient (Wildman–Crippen LogP) is 1.25. The van der Waals surface area contributed by atoms with E-state index in [1.54, 1.807) is 0 Å². The summed E-state index contributed by atoms with van der Waals surface area (Å²) in [6.45, 7) is 0.929. The van der Waals surface area contributed by atoms with Crippen molar-refractivity contribution in [3.8, 4) is 0 Å². The van der Waals surface area contributed by atoms with Gasteiger partial charge >= 0.3 is 0 Å². The van der Waals surface area contributed by atoms with Crippen molar-refractivity contribution in [3.63, 3.8) is 0 Å². The Morgan fingerprint density at radius 1 is 1.24 bits per heavy atom. The van der Waals surface area contributed by atoms with Gasteiger partial charge in [0.1, 0.15) is 0 Å². The first-order valence-corrected chi connectivity index (χ1v) is 11.5. The Morgan fingerprint density at radius 2 is 1.92 bits per heavy atom. The molecular formula is C18H30N2O4S. The van der Waals surface area contributed by atoms with Crippen LogP contribution in [0, 0.1) is 17.3 Å². The molecule has 2 N–H and O–H groups in total. The second-order valence-electron chi connectivity index (χ2n) is 9.39. The van der Waals surface area contributed by atoms with Crippen LogP contribution in [0.5, 0.6) is 0 Å². The number of aliphatic hydroxyl groups is 1. The number of carbonyl (C=O) groups excluding carboxylic acids is 1. The molecular weight excluding hydrogens is 340 g/mol. The number of amides is 1. The summed E-state index contributed by atoms with van der Waals surface area (Å²) in [6, 6.07) is -0.0898. The molecule has 0 unspecified atom stereocenters. The maximum atomic E-state index is 12.7. The number of sulfonamides is 1. The number of hydrogen-bond donors (Lipinski definition) is 2. The molecule has 5 fully saturated rings. The fraction of sp³-hybridized carbons (Fsp3) is 0.944. The second kappa shape index (κ2) is 5.92. The molecule has 4 bridgehead atoms. The normalized spacial score (nSPS) is 44.0. The fourth-order valence-electron chi connectivity index (χ4n) is 6.59. The summed E-state index contributed by atoms with van der Waals surface area (Å²) in [4.78, 5) is 12.7. The molecule has 0 radical (unpaired) electrons. The van der Waals surface area contributed by atoms with Crippen molar-refractivity contribution in [2.45, 2.75) is 69.4 Å². The number of piperidine rings is 1. The lowest BCUT2D eigenvalue weighted by Crippen LogP contribution is -2.57.